The van der Waals surface area contributed by atoms with Gasteiger partial charge in [0, 0.05) is 18.9 Å². The van der Waals surface area contributed by atoms with Gasteiger partial charge in [-0.05, 0) is 42.3 Å². The highest BCUT2D eigenvalue weighted by Crippen LogP contribution is 2.11. The van der Waals surface area contributed by atoms with Gasteiger partial charge in [0.25, 0.3) is 0 Å². The molecule has 5 nitrogen and oxygen atoms in total. The minimum atomic E-state index is -0.199. The molecule has 2 amide bonds. The highest BCUT2D eigenvalue weighted by Gasteiger charge is 2.08. The lowest BCUT2D eigenvalue weighted by Crippen LogP contribution is -2.36. The monoisotopic (exact) mass is 285 g/mol. The standard InChI is InChI=1S/C16H19N3O2/c1-12(14-7-9-17-10-8-14)19-16(20)18-11-13-3-5-15(21-2)6-4-13/h3-10,12H,11H2,1-2H3,(H2,18,19,20). The molecule has 2 N–H and O–H groups in total. The van der Waals surface area contributed by atoms with Gasteiger partial charge in [-0.25, -0.2) is 4.79 Å². The van der Waals surface area contributed by atoms with Gasteiger partial charge in [-0.15, -0.1) is 0 Å². The molecule has 5 heteroatoms. The molecule has 0 spiro atoms. The summed E-state index contributed by atoms with van der Waals surface area (Å²) in [6.45, 7) is 2.40. The summed E-state index contributed by atoms with van der Waals surface area (Å²) < 4.78 is 5.09. The number of benzene rings is 1. The molecule has 0 aliphatic rings. The molecule has 2 aromatic rings. The molecule has 1 aromatic heterocycles. The number of carbonyl (C=O) groups excluding carboxylic acids is 1. The molecule has 0 radical (unpaired) electrons. The summed E-state index contributed by atoms with van der Waals surface area (Å²) in [7, 11) is 1.63. The Labute approximate surface area is 124 Å². The molecule has 0 bridgehead atoms. The van der Waals surface area contributed by atoms with E-state index in [1.807, 2.05) is 43.3 Å². The second-order valence-electron chi connectivity index (χ2n) is 4.68. The average Bonchev–Trinajstić information content (AvgIpc) is 2.54. The van der Waals surface area contributed by atoms with Crippen molar-refractivity contribution < 1.29 is 9.53 Å². The first-order valence-electron chi connectivity index (χ1n) is 6.76. The quantitative estimate of drug-likeness (QED) is 0.887. The van der Waals surface area contributed by atoms with E-state index in [-0.39, 0.29) is 12.1 Å². The molecule has 2 rings (SSSR count). The van der Waals surface area contributed by atoms with Crippen LogP contribution in [0.5, 0.6) is 5.75 Å². The Morgan fingerprint density at radius 1 is 1.19 bits per heavy atom. The van der Waals surface area contributed by atoms with Gasteiger partial charge in [0.15, 0.2) is 0 Å². The van der Waals surface area contributed by atoms with Crippen molar-refractivity contribution in [1.29, 1.82) is 0 Å². The van der Waals surface area contributed by atoms with Gasteiger partial charge >= 0.3 is 6.03 Å². The minimum absolute atomic E-state index is 0.0659. The third kappa shape index (κ3) is 4.49. The number of ether oxygens (including phenoxy) is 1. The van der Waals surface area contributed by atoms with Gasteiger partial charge < -0.3 is 15.4 Å². The number of rotatable bonds is 5. The molecular weight excluding hydrogens is 266 g/mol. The van der Waals surface area contributed by atoms with Crippen molar-refractivity contribution in [3.8, 4) is 5.75 Å². The Morgan fingerprint density at radius 3 is 2.48 bits per heavy atom. The van der Waals surface area contributed by atoms with Gasteiger partial charge in [0.2, 0.25) is 0 Å². The van der Waals surface area contributed by atoms with E-state index >= 15 is 0 Å². The van der Waals surface area contributed by atoms with Crippen LogP contribution in [0.1, 0.15) is 24.1 Å². The molecule has 0 aliphatic heterocycles. The molecule has 1 atom stereocenters. The van der Waals surface area contributed by atoms with Crippen LogP contribution in [0.15, 0.2) is 48.8 Å². The fourth-order valence-electron chi connectivity index (χ4n) is 1.91. The van der Waals surface area contributed by atoms with Crippen molar-refractivity contribution >= 4 is 6.03 Å². The largest absolute Gasteiger partial charge is 0.497 e. The first-order chi connectivity index (χ1) is 10.2. The molecule has 0 saturated heterocycles. The number of amides is 2. The predicted molar refractivity (Wildman–Crippen MR) is 81.0 cm³/mol. The summed E-state index contributed by atoms with van der Waals surface area (Å²) in [5.74, 6) is 0.800. The topological polar surface area (TPSA) is 63.2 Å². The second-order valence-corrected chi connectivity index (χ2v) is 4.68. The number of pyridine rings is 1. The second kappa shape index (κ2) is 7.28. The molecule has 1 heterocycles. The summed E-state index contributed by atoms with van der Waals surface area (Å²) in [5.41, 5.74) is 2.03. The molecular formula is C16H19N3O2. The number of hydrogen-bond acceptors (Lipinski definition) is 3. The molecule has 1 unspecified atom stereocenters. The van der Waals surface area contributed by atoms with Crippen molar-refractivity contribution in [2.45, 2.75) is 19.5 Å². The molecule has 110 valence electrons. The Balaban J connectivity index is 1.81. The van der Waals surface area contributed by atoms with E-state index in [4.69, 9.17) is 4.74 Å². The van der Waals surface area contributed by atoms with Crippen LogP contribution in [-0.2, 0) is 6.54 Å². The van der Waals surface area contributed by atoms with Crippen LogP contribution in [0.25, 0.3) is 0 Å². The van der Waals surface area contributed by atoms with Crippen molar-refractivity contribution in [2.75, 3.05) is 7.11 Å². The zero-order chi connectivity index (χ0) is 15.1. The number of nitrogens with one attached hydrogen (secondary N) is 2. The van der Waals surface area contributed by atoms with E-state index in [0.29, 0.717) is 6.54 Å². The van der Waals surface area contributed by atoms with Crippen molar-refractivity contribution in [1.82, 2.24) is 15.6 Å². The normalized spacial score (nSPS) is 11.5. The SMILES string of the molecule is COc1ccc(CNC(=O)NC(C)c2ccncc2)cc1. The fraction of sp³-hybridized carbons (Fsp3) is 0.250. The number of carbonyl (C=O) groups is 1. The summed E-state index contributed by atoms with van der Waals surface area (Å²) >= 11 is 0. The minimum Gasteiger partial charge on any atom is -0.497 e. The third-order valence-corrected chi connectivity index (χ3v) is 3.17. The van der Waals surface area contributed by atoms with Crippen LogP contribution < -0.4 is 15.4 Å². The van der Waals surface area contributed by atoms with Crippen LogP contribution in [0.4, 0.5) is 4.79 Å². The van der Waals surface area contributed by atoms with E-state index in [0.717, 1.165) is 16.9 Å². The van der Waals surface area contributed by atoms with E-state index in [1.165, 1.54) is 0 Å². The average molecular weight is 285 g/mol. The molecule has 0 fully saturated rings. The number of methoxy groups -OCH3 is 1. The third-order valence-electron chi connectivity index (χ3n) is 3.17. The fourth-order valence-corrected chi connectivity index (χ4v) is 1.91. The van der Waals surface area contributed by atoms with Crippen LogP contribution in [-0.4, -0.2) is 18.1 Å². The molecule has 0 aliphatic carbocycles. The van der Waals surface area contributed by atoms with Crippen LogP contribution in [0.2, 0.25) is 0 Å². The van der Waals surface area contributed by atoms with E-state index in [2.05, 4.69) is 15.6 Å². The Morgan fingerprint density at radius 2 is 1.86 bits per heavy atom. The lowest BCUT2D eigenvalue weighted by Gasteiger charge is -2.15. The maximum absolute atomic E-state index is 11.9. The Hall–Kier alpha value is -2.56. The highest BCUT2D eigenvalue weighted by atomic mass is 16.5. The first-order valence-corrected chi connectivity index (χ1v) is 6.76. The Kier molecular flexibility index (Phi) is 5.15. The summed E-state index contributed by atoms with van der Waals surface area (Å²) in [6.07, 6.45) is 3.42. The summed E-state index contributed by atoms with van der Waals surface area (Å²) in [6, 6.07) is 11.1. The van der Waals surface area contributed by atoms with Crippen LogP contribution in [0.3, 0.4) is 0 Å². The maximum Gasteiger partial charge on any atom is 0.315 e. The van der Waals surface area contributed by atoms with Gasteiger partial charge in [0.05, 0.1) is 13.2 Å². The van der Waals surface area contributed by atoms with Crippen molar-refractivity contribution in [3.05, 3.63) is 59.9 Å². The summed E-state index contributed by atoms with van der Waals surface area (Å²) in [5, 5.41) is 5.72. The van der Waals surface area contributed by atoms with Gasteiger partial charge in [-0.3, -0.25) is 4.98 Å². The number of urea groups is 1. The van der Waals surface area contributed by atoms with Crippen molar-refractivity contribution in [3.63, 3.8) is 0 Å². The number of nitrogens with zero attached hydrogens (tertiary/aromatic N) is 1. The van der Waals surface area contributed by atoms with E-state index < -0.39 is 0 Å². The van der Waals surface area contributed by atoms with Gasteiger partial charge in [-0.1, -0.05) is 12.1 Å². The predicted octanol–water partition coefficient (Wildman–Crippen LogP) is 2.65. The van der Waals surface area contributed by atoms with E-state index in [9.17, 15) is 4.79 Å². The zero-order valence-corrected chi connectivity index (χ0v) is 12.2. The first kappa shape index (κ1) is 14.8. The Bertz CT molecular complexity index is 570. The number of hydrogen-bond donors (Lipinski definition) is 2. The smallest absolute Gasteiger partial charge is 0.315 e. The van der Waals surface area contributed by atoms with Gasteiger partial charge in [0.1, 0.15) is 5.75 Å². The molecule has 21 heavy (non-hydrogen) atoms. The van der Waals surface area contributed by atoms with Crippen LogP contribution in [0, 0.1) is 0 Å². The van der Waals surface area contributed by atoms with Crippen LogP contribution >= 0.6 is 0 Å². The lowest BCUT2D eigenvalue weighted by atomic mass is 10.1. The van der Waals surface area contributed by atoms with Crippen molar-refractivity contribution in [2.24, 2.45) is 0 Å². The maximum atomic E-state index is 11.9. The summed E-state index contributed by atoms with van der Waals surface area (Å²) in [4.78, 5) is 15.8. The lowest BCUT2D eigenvalue weighted by molar-refractivity contribution is 0.237. The molecule has 0 saturated carbocycles. The number of aromatic nitrogens is 1. The highest BCUT2D eigenvalue weighted by molar-refractivity contribution is 5.74. The zero-order valence-electron chi connectivity index (χ0n) is 12.2. The molecule has 1 aromatic carbocycles. The van der Waals surface area contributed by atoms with Gasteiger partial charge in [-0.2, -0.15) is 0 Å². The van der Waals surface area contributed by atoms with E-state index in [1.54, 1.807) is 19.5 Å².